The average Bonchev–Trinajstić information content (AvgIpc) is 3.60. The lowest BCUT2D eigenvalue weighted by Gasteiger charge is -2.33. The van der Waals surface area contributed by atoms with Crippen molar-refractivity contribution in [1.29, 1.82) is 0 Å². The van der Waals surface area contributed by atoms with Gasteiger partial charge in [0.25, 0.3) is 0 Å². The predicted octanol–water partition coefficient (Wildman–Crippen LogP) is 3.47. The number of aryl methyl sites for hydroxylation is 1. The van der Waals surface area contributed by atoms with Crippen molar-refractivity contribution in [2.24, 2.45) is 13.0 Å². The fraction of sp³-hybridized carbons (Fsp3) is 0.391. The summed E-state index contributed by atoms with van der Waals surface area (Å²) in [5, 5.41) is 14.8. The summed E-state index contributed by atoms with van der Waals surface area (Å²) < 4.78 is 24.7. The highest BCUT2D eigenvalue weighted by Gasteiger charge is 2.33. The van der Waals surface area contributed by atoms with Crippen LogP contribution in [0.2, 0.25) is 0 Å². The molecule has 0 bridgehead atoms. The van der Waals surface area contributed by atoms with Crippen LogP contribution in [-0.4, -0.2) is 43.6 Å². The largest absolute Gasteiger partial charge is 0.363 e. The highest BCUT2D eigenvalue weighted by atomic mass is 16.2. The maximum atomic E-state index is 12.7. The van der Waals surface area contributed by atoms with Crippen molar-refractivity contribution in [2.45, 2.75) is 39.2 Å². The van der Waals surface area contributed by atoms with E-state index >= 15 is 0 Å². The number of ketones is 1. The fourth-order valence-corrected chi connectivity index (χ4v) is 3.93. The highest BCUT2D eigenvalue weighted by Crippen LogP contribution is 2.45. The summed E-state index contributed by atoms with van der Waals surface area (Å²) in [6.45, 7) is 0.987. The standard InChI is InChI=1S/C23H26N8O2/c1-5-17(32)15-11-25-18(27-23(33)13-6-7-13)10-16(15)26-22-21-14(8-9-24-22)20-19(12(2)30(21)3)28-31(4)29-20/h8-13H,5-7H2,1-4H3,(H2,24,25,26,27,33)/t12-/m0/s1/i3D3. The van der Waals surface area contributed by atoms with Crippen molar-refractivity contribution in [1.82, 2.24) is 25.0 Å². The van der Waals surface area contributed by atoms with Crippen LogP contribution in [0.4, 0.5) is 23.0 Å². The van der Waals surface area contributed by atoms with E-state index in [2.05, 4.69) is 30.8 Å². The molecule has 1 saturated carbocycles. The topological polar surface area (TPSA) is 118 Å². The van der Waals surface area contributed by atoms with Crippen LogP contribution < -0.4 is 15.5 Å². The lowest BCUT2D eigenvalue weighted by Crippen LogP contribution is -2.27. The zero-order valence-corrected chi connectivity index (χ0v) is 18.6. The second-order valence-corrected chi connectivity index (χ2v) is 8.31. The number of fused-ring (bicyclic) bond motifs is 3. The quantitative estimate of drug-likeness (QED) is 0.549. The Morgan fingerprint density at radius 1 is 1.27 bits per heavy atom. The van der Waals surface area contributed by atoms with Crippen LogP contribution in [0.1, 0.15) is 59.3 Å². The molecule has 1 aliphatic carbocycles. The molecule has 3 aromatic rings. The molecule has 170 valence electrons. The molecule has 1 aliphatic heterocycles. The summed E-state index contributed by atoms with van der Waals surface area (Å²) in [5.41, 5.74) is 2.69. The fourth-order valence-electron chi connectivity index (χ4n) is 3.93. The molecule has 33 heavy (non-hydrogen) atoms. The molecule has 3 aromatic heterocycles. The lowest BCUT2D eigenvalue weighted by atomic mass is 9.98. The second kappa shape index (κ2) is 7.95. The van der Waals surface area contributed by atoms with Gasteiger partial charge in [0.05, 0.1) is 23.0 Å². The third-order valence-electron chi connectivity index (χ3n) is 5.92. The van der Waals surface area contributed by atoms with Crippen molar-refractivity contribution >= 4 is 34.7 Å². The highest BCUT2D eigenvalue weighted by molar-refractivity contribution is 6.03. The number of hydrogen-bond acceptors (Lipinski definition) is 8. The minimum Gasteiger partial charge on any atom is -0.363 e. The van der Waals surface area contributed by atoms with Gasteiger partial charge < -0.3 is 15.5 Å². The summed E-state index contributed by atoms with van der Waals surface area (Å²) in [4.78, 5) is 36.4. The van der Waals surface area contributed by atoms with E-state index in [0.717, 1.165) is 12.8 Å². The van der Waals surface area contributed by atoms with Crippen LogP contribution in [0.3, 0.4) is 0 Å². The van der Waals surface area contributed by atoms with Crippen LogP contribution in [0.25, 0.3) is 11.3 Å². The van der Waals surface area contributed by atoms with E-state index in [1.807, 2.05) is 0 Å². The van der Waals surface area contributed by atoms with Crippen molar-refractivity contribution in [3.63, 3.8) is 0 Å². The Morgan fingerprint density at radius 3 is 2.82 bits per heavy atom. The van der Waals surface area contributed by atoms with Gasteiger partial charge in [0.15, 0.2) is 11.6 Å². The number of Topliss-reactive ketones (excluding diaryl/α,β-unsaturated/α-hetero) is 1. The average molecular weight is 450 g/mol. The van der Waals surface area contributed by atoms with Gasteiger partial charge >= 0.3 is 0 Å². The Hall–Kier alpha value is -3.82. The van der Waals surface area contributed by atoms with Gasteiger partial charge in [-0.25, -0.2) is 9.97 Å². The number of nitrogens with zero attached hydrogens (tertiary/aromatic N) is 6. The van der Waals surface area contributed by atoms with E-state index in [1.165, 1.54) is 15.9 Å². The van der Waals surface area contributed by atoms with Gasteiger partial charge in [0, 0.05) is 54.5 Å². The first kappa shape index (κ1) is 17.7. The lowest BCUT2D eigenvalue weighted by molar-refractivity contribution is -0.117. The predicted molar refractivity (Wildman–Crippen MR) is 125 cm³/mol. The molecule has 10 heteroatoms. The summed E-state index contributed by atoms with van der Waals surface area (Å²) in [7, 11) is 1.68. The summed E-state index contributed by atoms with van der Waals surface area (Å²) in [6, 6.07) is 2.66. The molecule has 0 unspecified atom stereocenters. The third kappa shape index (κ3) is 3.71. The molecule has 10 nitrogen and oxygen atoms in total. The van der Waals surface area contributed by atoms with Crippen LogP contribution in [-0.2, 0) is 11.8 Å². The van der Waals surface area contributed by atoms with E-state index in [1.54, 1.807) is 39.2 Å². The van der Waals surface area contributed by atoms with Crippen molar-refractivity contribution in [2.75, 3.05) is 22.5 Å². The van der Waals surface area contributed by atoms with E-state index in [9.17, 15) is 9.59 Å². The summed E-state index contributed by atoms with van der Waals surface area (Å²) in [6.07, 6.45) is 4.89. The van der Waals surface area contributed by atoms with Crippen molar-refractivity contribution in [3.05, 3.63) is 35.8 Å². The number of rotatable bonds is 6. The van der Waals surface area contributed by atoms with Crippen molar-refractivity contribution < 1.29 is 13.7 Å². The van der Waals surface area contributed by atoms with E-state index < -0.39 is 13.0 Å². The Kier molecular flexibility index (Phi) is 4.26. The zero-order chi connectivity index (χ0) is 25.8. The number of anilines is 4. The van der Waals surface area contributed by atoms with Gasteiger partial charge in [-0.2, -0.15) is 15.0 Å². The number of nitrogens with one attached hydrogen (secondary N) is 2. The minimum atomic E-state index is -2.51. The van der Waals surface area contributed by atoms with Gasteiger partial charge in [-0.3, -0.25) is 9.59 Å². The first-order chi connectivity index (χ1) is 17.1. The van der Waals surface area contributed by atoms with Gasteiger partial charge in [0.2, 0.25) is 5.91 Å². The van der Waals surface area contributed by atoms with Gasteiger partial charge in [-0.15, -0.1) is 0 Å². The van der Waals surface area contributed by atoms with Gasteiger partial charge in [0.1, 0.15) is 17.2 Å². The molecule has 2 aliphatic rings. The number of hydrogen-bond donors (Lipinski definition) is 2. The number of carbonyl (C=O) groups is 2. The Bertz CT molecular complexity index is 1370. The Morgan fingerprint density at radius 2 is 2.09 bits per heavy atom. The molecular formula is C23H26N8O2. The monoisotopic (exact) mass is 449 g/mol. The van der Waals surface area contributed by atoms with E-state index in [-0.39, 0.29) is 29.8 Å². The molecule has 4 heterocycles. The first-order valence-corrected chi connectivity index (χ1v) is 10.9. The number of carbonyl (C=O) groups excluding carboxylic acids is 2. The maximum absolute atomic E-state index is 12.7. The molecule has 1 amide bonds. The molecule has 0 radical (unpaired) electrons. The van der Waals surface area contributed by atoms with E-state index in [4.69, 9.17) is 4.11 Å². The van der Waals surface area contributed by atoms with Gasteiger partial charge in [-0.1, -0.05) is 6.92 Å². The SMILES string of the molecule is [2H]C([2H])([2H])N1c2c(ccnc2Nc2cc(NC(=O)C3CC3)ncc2C(=O)CC)-c2nn(C)nc2[C@@H]1C. The van der Waals surface area contributed by atoms with Crippen molar-refractivity contribution in [3.8, 4) is 11.3 Å². The molecule has 0 saturated heterocycles. The smallest absolute Gasteiger partial charge is 0.228 e. The Labute approximate surface area is 195 Å². The maximum Gasteiger partial charge on any atom is 0.228 e. The summed E-state index contributed by atoms with van der Waals surface area (Å²) >= 11 is 0. The van der Waals surface area contributed by atoms with E-state index in [0.29, 0.717) is 39.7 Å². The first-order valence-electron chi connectivity index (χ1n) is 12.4. The number of amides is 1. The van der Waals surface area contributed by atoms with Gasteiger partial charge in [-0.05, 0) is 25.8 Å². The second-order valence-electron chi connectivity index (χ2n) is 8.31. The summed E-state index contributed by atoms with van der Waals surface area (Å²) in [5.74, 6) is 0.244. The molecule has 5 rings (SSSR count). The molecule has 0 aromatic carbocycles. The minimum absolute atomic E-state index is 0.0153. The molecule has 0 spiro atoms. The van der Waals surface area contributed by atoms with Crippen LogP contribution in [0.5, 0.6) is 0 Å². The van der Waals surface area contributed by atoms with Crippen LogP contribution >= 0.6 is 0 Å². The zero-order valence-electron chi connectivity index (χ0n) is 21.6. The van der Waals surface area contributed by atoms with Crippen LogP contribution in [0.15, 0.2) is 24.5 Å². The normalized spacial score (nSPS) is 18.5. The molecule has 1 fully saturated rings. The number of aromatic nitrogens is 5. The third-order valence-corrected chi connectivity index (χ3v) is 5.92. The molecular weight excluding hydrogens is 420 g/mol. The van der Waals surface area contributed by atoms with Crippen LogP contribution in [0, 0.1) is 5.92 Å². The Balaban J connectivity index is 1.63. The number of pyridine rings is 2. The molecule has 1 atom stereocenters. The molecule has 2 N–H and O–H groups in total.